The zero-order valence-corrected chi connectivity index (χ0v) is 14.8. The molecule has 0 fully saturated rings. The lowest BCUT2D eigenvalue weighted by Gasteiger charge is -2.27. The number of benzene rings is 2. The fraction of sp³-hybridized carbons (Fsp3) is 0.300. The third kappa shape index (κ3) is 6.77. The number of carbonyl (C=O) groups is 1. The van der Waals surface area contributed by atoms with Gasteiger partial charge in [-0.3, -0.25) is 4.99 Å². The van der Waals surface area contributed by atoms with Crippen molar-refractivity contribution < 1.29 is 9.90 Å². The van der Waals surface area contributed by atoms with Crippen molar-refractivity contribution in [1.29, 1.82) is 0 Å². The third-order valence-electron chi connectivity index (χ3n) is 3.78. The maximum Gasteiger partial charge on any atom is 0.346 e. The van der Waals surface area contributed by atoms with Crippen molar-refractivity contribution in [3.05, 3.63) is 65.7 Å². The number of aliphatic imine (C=N–C) groups is 1. The molecule has 0 bridgehead atoms. The molecule has 0 unspecified atom stereocenters. The van der Waals surface area contributed by atoms with Crippen LogP contribution in [-0.2, 0) is 17.9 Å². The Kier molecular flexibility index (Phi) is 7.16. The number of hydrogen-bond acceptors (Lipinski definition) is 4. The maximum atomic E-state index is 10.6. The molecular weight excluding hydrogens is 314 g/mol. The average molecular weight is 339 g/mol. The van der Waals surface area contributed by atoms with Gasteiger partial charge in [-0.25, -0.2) is 4.79 Å². The van der Waals surface area contributed by atoms with E-state index in [4.69, 9.17) is 5.11 Å². The quantitative estimate of drug-likeness (QED) is 0.714. The Morgan fingerprint density at radius 1 is 1.04 bits per heavy atom. The number of carboxylic acids is 1. The predicted octanol–water partition coefficient (Wildman–Crippen LogP) is 2.91. The van der Waals surface area contributed by atoms with Gasteiger partial charge in [0.2, 0.25) is 0 Å². The van der Waals surface area contributed by atoms with Crippen LogP contribution in [0.1, 0.15) is 11.1 Å². The van der Waals surface area contributed by atoms with Gasteiger partial charge in [0.1, 0.15) is 6.21 Å². The Balaban J connectivity index is 2.16. The van der Waals surface area contributed by atoms with Gasteiger partial charge in [-0.1, -0.05) is 42.5 Å². The number of rotatable bonds is 9. The smallest absolute Gasteiger partial charge is 0.346 e. The van der Waals surface area contributed by atoms with E-state index in [1.54, 1.807) is 0 Å². The fourth-order valence-electron chi connectivity index (χ4n) is 2.50. The van der Waals surface area contributed by atoms with Crippen molar-refractivity contribution in [2.45, 2.75) is 13.1 Å². The molecule has 0 saturated carbocycles. The van der Waals surface area contributed by atoms with Crippen molar-refractivity contribution in [2.24, 2.45) is 4.99 Å². The molecule has 0 atom stereocenters. The van der Waals surface area contributed by atoms with Crippen LogP contribution in [0.15, 0.2) is 59.6 Å². The van der Waals surface area contributed by atoms with Gasteiger partial charge < -0.3 is 14.9 Å². The van der Waals surface area contributed by atoms with E-state index >= 15 is 0 Å². The predicted molar refractivity (Wildman–Crippen MR) is 102 cm³/mol. The summed E-state index contributed by atoms with van der Waals surface area (Å²) in [7, 11) is 4.13. The van der Waals surface area contributed by atoms with Gasteiger partial charge in [0.05, 0.1) is 6.54 Å². The zero-order valence-electron chi connectivity index (χ0n) is 14.8. The lowest BCUT2D eigenvalue weighted by molar-refractivity contribution is -0.128. The molecule has 0 aliphatic rings. The lowest BCUT2D eigenvalue weighted by atomic mass is 10.1. The van der Waals surface area contributed by atoms with E-state index < -0.39 is 5.97 Å². The summed E-state index contributed by atoms with van der Waals surface area (Å²) in [5, 5.41) is 8.66. The first-order valence-electron chi connectivity index (χ1n) is 8.30. The van der Waals surface area contributed by atoms with E-state index in [-0.39, 0.29) is 0 Å². The molecule has 25 heavy (non-hydrogen) atoms. The van der Waals surface area contributed by atoms with Crippen molar-refractivity contribution in [1.82, 2.24) is 4.90 Å². The van der Waals surface area contributed by atoms with Gasteiger partial charge in [-0.15, -0.1) is 0 Å². The van der Waals surface area contributed by atoms with E-state index in [1.807, 2.05) is 18.2 Å². The first-order chi connectivity index (χ1) is 12.0. The Labute approximate surface area is 149 Å². The van der Waals surface area contributed by atoms with Crippen LogP contribution in [0, 0.1) is 0 Å². The average Bonchev–Trinajstić information content (AvgIpc) is 2.59. The Morgan fingerprint density at radius 2 is 1.76 bits per heavy atom. The minimum absolute atomic E-state index is 0.368. The maximum absolute atomic E-state index is 10.6. The van der Waals surface area contributed by atoms with Gasteiger partial charge >= 0.3 is 5.97 Å². The van der Waals surface area contributed by atoms with E-state index in [2.05, 4.69) is 65.3 Å². The summed E-state index contributed by atoms with van der Waals surface area (Å²) in [6, 6.07) is 18.5. The van der Waals surface area contributed by atoms with Crippen LogP contribution in [0.4, 0.5) is 5.69 Å². The van der Waals surface area contributed by atoms with Gasteiger partial charge in [0, 0.05) is 25.3 Å². The van der Waals surface area contributed by atoms with E-state index in [0.717, 1.165) is 37.1 Å². The number of hydrogen-bond donors (Lipinski definition) is 1. The largest absolute Gasteiger partial charge is 0.477 e. The third-order valence-corrected chi connectivity index (χ3v) is 3.78. The molecule has 2 rings (SSSR count). The molecule has 0 amide bonds. The summed E-state index contributed by atoms with van der Waals surface area (Å²) >= 11 is 0. The van der Waals surface area contributed by atoms with E-state index in [1.165, 1.54) is 5.56 Å². The normalized spacial score (nSPS) is 11.2. The topological polar surface area (TPSA) is 56.1 Å². The number of aliphatic carboxylic acids is 1. The molecule has 5 heteroatoms. The van der Waals surface area contributed by atoms with Crippen molar-refractivity contribution in [3.8, 4) is 0 Å². The lowest BCUT2D eigenvalue weighted by Crippen LogP contribution is -2.31. The molecule has 0 heterocycles. The molecule has 1 N–H and O–H groups in total. The molecular formula is C20H25N3O2. The molecule has 5 nitrogen and oxygen atoms in total. The van der Waals surface area contributed by atoms with Crippen molar-refractivity contribution >= 4 is 17.9 Å². The van der Waals surface area contributed by atoms with Gasteiger partial charge in [0.25, 0.3) is 0 Å². The Bertz CT molecular complexity index is 699. The molecule has 0 aliphatic carbocycles. The molecule has 2 aromatic rings. The molecule has 0 radical (unpaired) electrons. The summed E-state index contributed by atoms with van der Waals surface area (Å²) in [5.41, 5.74) is 3.38. The van der Waals surface area contributed by atoms with E-state index in [9.17, 15) is 4.79 Å². The second-order valence-corrected chi connectivity index (χ2v) is 6.19. The van der Waals surface area contributed by atoms with Crippen LogP contribution < -0.4 is 4.90 Å². The summed E-state index contributed by atoms with van der Waals surface area (Å²) in [4.78, 5) is 19.0. The van der Waals surface area contributed by atoms with Gasteiger partial charge in [0.15, 0.2) is 0 Å². The van der Waals surface area contributed by atoms with Gasteiger partial charge in [-0.05, 0) is 37.4 Å². The molecule has 2 aromatic carbocycles. The first kappa shape index (κ1) is 18.7. The minimum atomic E-state index is -1.02. The van der Waals surface area contributed by atoms with Crippen LogP contribution in [0.3, 0.4) is 0 Å². The standard InChI is InChI=1S/C20H25N3O2/c1-22(2)11-12-23(16-17-7-4-3-5-8-17)19-10-6-9-18(13-19)14-21-15-20(24)25/h3-10,13,15H,11-12,14,16H2,1-2H3,(H,24,25). The van der Waals surface area contributed by atoms with Crippen molar-refractivity contribution in [3.63, 3.8) is 0 Å². The highest BCUT2D eigenvalue weighted by atomic mass is 16.4. The highest BCUT2D eigenvalue weighted by Crippen LogP contribution is 2.19. The number of likely N-dealkylation sites (N-methyl/N-ethyl adjacent to an activating group) is 1. The monoisotopic (exact) mass is 339 g/mol. The first-order valence-corrected chi connectivity index (χ1v) is 8.30. The second-order valence-electron chi connectivity index (χ2n) is 6.19. The van der Waals surface area contributed by atoms with Crippen LogP contribution in [-0.4, -0.2) is 49.4 Å². The van der Waals surface area contributed by atoms with Crippen LogP contribution >= 0.6 is 0 Å². The molecule has 132 valence electrons. The van der Waals surface area contributed by atoms with Crippen LogP contribution in [0.2, 0.25) is 0 Å². The Morgan fingerprint density at radius 3 is 2.44 bits per heavy atom. The molecule has 0 spiro atoms. The zero-order chi connectivity index (χ0) is 18.1. The molecule has 0 aromatic heterocycles. The summed E-state index contributed by atoms with van der Waals surface area (Å²) in [6.45, 7) is 3.06. The summed E-state index contributed by atoms with van der Waals surface area (Å²) < 4.78 is 0. The van der Waals surface area contributed by atoms with Gasteiger partial charge in [-0.2, -0.15) is 0 Å². The highest BCUT2D eigenvalue weighted by molar-refractivity contribution is 6.21. The van der Waals surface area contributed by atoms with E-state index in [0.29, 0.717) is 6.54 Å². The highest BCUT2D eigenvalue weighted by Gasteiger charge is 2.09. The molecule has 0 saturated heterocycles. The minimum Gasteiger partial charge on any atom is -0.477 e. The second kappa shape index (κ2) is 9.59. The molecule has 0 aliphatic heterocycles. The van der Waals surface area contributed by atoms with Crippen LogP contribution in [0.5, 0.6) is 0 Å². The number of anilines is 1. The summed E-state index contributed by atoms with van der Waals surface area (Å²) in [6.07, 6.45) is 0.945. The fourth-order valence-corrected chi connectivity index (χ4v) is 2.50. The SMILES string of the molecule is CN(C)CCN(Cc1ccccc1)c1cccc(CN=CC(=O)O)c1. The number of carboxylic acid groups (broad SMARTS) is 1. The summed E-state index contributed by atoms with van der Waals surface area (Å²) in [5.74, 6) is -1.02. The number of nitrogens with zero attached hydrogens (tertiary/aromatic N) is 3. The van der Waals surface area contributed by atoms with Crippen LogP contribution in [0.25, 0.3) is 0 Å². The van der Waals surface area contributed by atoms with Crippen molar-refractivity contribution in [2.75, 3.05) is 32.1 Å². The Hall–Kier alpha value is -2.66.